The first-order valence-corrected chi connectivity index (χ1v) is 8.33. The highest BCUT2D eigenvalue weighted by atomic mass is 32.1. The van der Waals surface area contributed by atoms with Crippen molar-refractivity contribution in [3.63, 3.8) is 0 Å². The first-order valence-electron chi connectivity index (χ1n) is 7.45. The third-order valence-corrected chi connectivity index (χ3v) is 5.75. The largest absolute Gasteiger partial charge is 0.335 e. The molecule has 4 rings (SSSR count). The highest BCUT2D eigenvalue weighted by Crippen LogP contribution is 2.52. The lowest BCUT2D eigenvalue weighted by Gasteiger charge is -2.40. The Kier molecular flexibility index (Phi) is 2.76. The molecule has 22 heavy (non-hydrogen) atoms. The number of thiophene rings is 1. The minimum Gasteiger partial charge on any atom is -0.335 e. The molecule has 2 aromatic rings. The fourth-order valence-electron chi connectivity index (χ4n) is 3.73. The summed E-state index contributed by atoms with van der Waals surface area (Å²) < 4.78 is 0. The molecule has 4 heteroatoms. The monoisotopic (exact) mass is 310 g/mol. The van der Waals surface area contributed by atoms with Gasteiger partial charge in [-0.15, -0.1) is 11.3 Å². The van der Waals surface area contributed by atoms with Crippen molar-refractivity contribution in [2.45, 2.75) is 24.9 Å². The summed E-state index contributed by atoms with van der Waals surface area (Å²) in [5.74, 6) is 0.0819. The van der Waals surface area contributed by atoms with Crippen LogP contribution >= 0.6 is 11.3 Å². The molecule has 3 nitrogen and oxygen atoms in total. The molecule has 1 saturated heterocycles. The molecule has 1 N–H and O–H groups in total. The van der Waals surface area contributed by atoms with E-state index in [0.717, 1.165) is 5.69 Å². The van der Waals surface area contributed by atoms with Crippen LogP contribution in [0.1, 0.15) is 24.3 Å². The molecule has 0 bridgehead atoms. The Morgan fingerprint density at radius 3 is 2.82 bits per heavy atom. The normalized spacial score (nSPS) is 25.4. The van der Waals surface area contributed by atoms with E-state index in [9.17, 15) is 4.79 Å². The minimum absolute atomic E-state index is 0.0819. The third kappa shape index (κ3) is 1.64. The lowest BCUT2D eigenvalue weighted by Crippen LogP contribution is -2.58. The van der Waals surface area contributed by atoms with Gasteiger partial charge in [-0.05, 0) is 35.2 Å². The summed E-state index contributed by atoms with van der Waals surface area (Å²) in [6, 6.07) is 12.5. The molecule has 0 radical (unpaired) electrons. The maximum absolute atomic E-state index is 12.1. The summed E-state index contributed by atoms with van der Waals surface area (Å²) in [5, 5.41) is 5.30. The molecular formula is C18H18N2OS. The maximum Gasteiger partial charge on any atom is 0.241 e. The standard InChI is InChI=1S/C18H18N2OS/c1-17(2)14-7-3-4-8-15(14)20-12-16(21)19-18(17,20)10-9-13-6-5-11-22-13/h3-11H,12H2,1-2H3,(H,19,21)/t18-/m0/s1. The SMILES string of the molecule is CC1(C)c2ccccc2N2CC(=O)N[C@@]21C=Cc1cccs1. The van der Waals surface area contributed by atoms with E-state index in [2.05, 4.69) is 65.9 Å². The van der Waals surface area contributed by atoms with Crippen LogP contribution in [0.5, 0.6) is 0 Å². The smallest absolute Gasteiger partial charge is 0.241 e. The van der Waals surface area contributed by atoms with Crippen LogP contribution < -0.4 is 10.2 Å². The van der Waals surface area contributed by atoms with Gasteiger partial charge in [-0.3, -0.25) is 4.79 Å². The van der Waals surface area contributed by atoms with Crippen molar-refractivity contribution < 1.29 is 4.79 Å². The maximum atomic E-state index is 12.1. The minimum atomic E-state index is -0.488. The molecule has 2 aliphatic heterocycles. The second-order valence-corrected chi connectivity index (χ2v) is 7.37. The van der Waals surface area contributed by atoms with Crippen molar-refractivity contribution in [3.05, 3.63) is 58.3 Å². The number of benzene rings is 1. The summed E-state index contributed by atoms with van der Waals surface area (Å²) >= 11 is 1.70. The molecule has 1 aromatic heterocycles. The van der Waals surface area contributed by atoms with E-state index in [1.165, 1.54) is 10.4 Å². The van der Waals surface area contributed by atoms with Crippen LogP contribution in [0.3, 0.4) is 0 Å². The van der Waals surface area contributed by atoms with Crippen LogP contribution in [0, 0.1) is 0 Å². The van der Waals surface area contributed by atoms with Gasteiger partial charge in [0, 0.05) is 16.0 Å². The average Bonchev–Trinajstić information content (AvgIpc) is 3.16. The summed E-state index contributed by atoms with van der Waals surface area (Å²) in [7, 11) is 0. The highest BCUT2D eigenvalue weighted by molar-refractivity contribution is 7.10. The van der Waals surface area contributed by atoms with Gasteiger partial charge in [-0.25, -0.2) is 0 Å². The summed E-state index contributed by atoms with van der Waals surface area (Å²) in [6.07, 6.45) is 4.28. The number of carbonyl (C=O) groups excluding carboxylic acids is 1. The second-order valence-electron chi connectivity index (χ2n) is 6.39. The Bertz CT molecular complexity index is 763. The fraction of sp³-hybridized carbons (Fsp3) is 0.278. The quantitative estimate of drug-likeness (QED) is 0.922. The van der Waals surface area contributed by atoms with Crippen molar-refractivity contribution in [1.29, 1.82) is 0 Å². The van der Waals surface area contributed by atoms with E-state index in [4.69, 9.17) is 0 Å². The van der Waals surface area contributed by atoms with Crippen molar-refractivity contribution in [3.8, 4) is 0 Å². The first-order chi connectivity index (χ1) is 10.5. The number of para-hydroxylation sites is 1. The van der Waals surface area contributed by atoms with Gasteiger partial charge in [-0.1, -0.05) is 38.1 Å². The lowest BCUT2D eigenvalue weighted by atomic mass is 9.75. The zero-order valence-electron chi connectivity index (χ0n) is 12.7. The van der Waals surface area contributed by atoms with Crippen molar-refractivity contribution in [2.24, 2.45) is 0 Å². The van der Waals surface area contributed by atoms with E-state index in [1.807, 2.05) is 12.1 Å². The van der Waals surface area contributed by atoms with Gasteiger partial charge in [0.2, 0.25) is 5.91 Å². The number of hydrogen-bond donors (Lipinski definition) is 1. The summed E-state index contributed by atoms with van der Waals surface area (Å²) in [6.45, 7) is 4.82. The van der Waals surface area contributed by atoms with Crippen molar-refractivity contribution >= 4 is 29.0 Å². The van der Waals surface area contributed by atoms with Gasteiger partial charge in [0.15, 0.2) is 0 Å². The van der Waals surface area contributed by atoms with Gasteiger partial charge in [0.25, 0.3) is 0 Å². The predicted octanol–water partition coefficient (Wildman–Crippen LogP) is 3.39. The van der Waals surface area contributed by atoms with Gasteiger partial charge in [-0.2, -0.15) is 0 Å². The number of fused-ring (bicyclic) bond motifs is 3. The first kappa shape index (κ1) is 13.6. The van der Waals surface area contributed by atoms with Crippen LogP contribution in [-0.4, -0.2) is 18.1 Å². The molecule has 0 saturated carbocycles. The molecule has 1 atom stereocenters. The van der Waals surface area contributed by atoms with Crippen LogP contribution in [0.15, 0.2) is 47.9 Å². The molecule has 1 fully saturated rings. The predicted molar refractivity (Wildman–Crippen MR) is 91.0 cm³/mol. The van der Waals surface area contributed by atoms with Crippen LogP contribution in [0.2, 0.25) is 0 Å². The van der Waals surface area contributed by atoms with E-state index < -0.39 is 5.66 Å². The highest BCUT2D eigenvalue weighted by Gasteiger charge is 2.59. The Labute approximate surface area is 134 Å². The third-order valence-electron chi connectivity index (χ3n) is 4.91. The summed E-state index contributed by atoms with van der Waals surface area (Å²) in [4.78, 5) is 15.5. The molecule has 2 aliphatic rings. The van der Waals surface area contributed by atoms with Gasteiger partial charge in [0.1, 0.15) is 5.66 Å². The van der Waals surface area contributed by atoms with E-state index >= 15 is 0 Å². The van der Waals surface area contributed by atoms with Crippen LogP contribution in [0.25, 0.3) is 6.08 Å². The topological polar surface area (TPSA) is 32.3 Å². The molecule has 1 amide bonds. The fourth-order valence-corrected chi connectivity index (χ4v) is 4.35. The average molecular weight is 310 g/mol. The molecule has 1 aromatic carbocycles. The molecule has 0 unspecified atom stereocenters. The van der Waals surface area contributed by atoms with Crippen LogP contribution in [0.4, 0.5) is 5.69 Å². The number of rotatable bonds is 2. The van der Waals surface area contributed by atoms with Crippen molar-refractivity contribution in [1.82, 2.24) is 5.32 Å². The summed E-state index contributed by atoms with van der Waals surface area (Å²) in [5.41, 5.74) is 1.76. The lowest BCUT2D eigenvalue weighted by molar-refractivity contribution is -0.118. The Hall–Kier alpha value is -2.07. The second kappa shape index (κ2) is 4.46. The Morgan fingerprint density at radius 1 is 1.23 bits per heavy atom. The molecular weight excluding hydrogens is 292 g/mol. The molecule has 0 spiro atoms. The molecule has 0 aliphatic carbocycles. The zero-order chi connectivity index (χ0) is 15.4. The number of nitrogens with zero attached hydrogens (tertiary/aromatic N) is 1. The number of amides is 1. The van der Waals surface area contributed by atoms with Gasteiger partial charge >= 0.3 is 0 Å². The molecule has 3 heterocycles. The van der Waals surface area contributed by atoms with Gasteiger partial charge < -0.3 is 10.2 Å². The number of anilines is 1. The number of carbonyl (C=O) groups is 1. The Balaban J connectivity index is 1.87. The zero-order valence-corrected chi connectivity index (χ0v) is 13.5. The van der Waals surface area contributed by atoms with Crippen LogP contribution in [-0.2, 0) is 10.2 Å². The Morgan fingerprint density at radius 2 is 2.05 bits per heavy atom. The van der Waals surface area contributed by atoms with E-state index in [0.29, 0.717) is 6.54 Å². The van der Waals surface area contributed by atoms with Crippen molar-refractivity contribution in [2.75, 3.05) is 11.4 Å². The number of hydrogen-bond acceptors (Lipinski definition) is 3. The molecule has 112 valence electrons. The number of nitrogens with one attached hydrogen (secondary N) is 1. The van der Waals surface area contributed by atoms with E-state index in [-0.39, 0.29) is 11.3 Å². The van der Waals surface area contributed by atoms with Gasteiger partial charge in [0.05, 0.1) is 6.54 Å². The van der Waals surface area contributed by atoms with E-state index in [1.54, 1.807) is 11.3 Å².